The van der Waals surface area contributed by atoms with E-state index in [1.54, 1.807) is 18.2 Å². The highest BCUT2D eigenvalue weighted by atomic mass is 19.1. The van der Waals surface area contributed by atoms with Crippen LogP contribution in [0.1, 0.15) is 28.9 Å². The van der Waals surface area contributed by atoms with E-state index in [1.165, 1.54) is 24.4 Å². The topological polar surface area (TPSA) is 73.7 Å². The van der Waals surface area contributed by atoms with Gasteiger partial charge < -0.3 is 10.2 Å². The lowest BCUT2D eigenvalue weighted by Gasteiger charge is -2.26. The highest BCUT2D eigenvalue weighted by Crippen LogP contribution is 2.45. The van der Waals surface area contributed by atoms with E-state index in [0.29, 0.717) is 42.4 Å². The standard InChI is InChI=1S/C21H23FN2O3/c22-18-4-2-1-3-14(18)7-21(27)8-15-11-24(12-16(15)9-21)13-20(26)19-6-5-17(25)10-23-19/h1-6,10,15-16,25,27H,7-9,11-13H2/t15-,16+,21?. The van der Waals surface area contributed by atoms with Crippen molar-refractivity contribution in [1.82, 2.24) is 9.88 Å². The van der Waals surface area contributed by atoms with Gasteiger partial charge in [-0.1, -0.05) is 18.2 Å². The number of benzene rings is 1. The first kappa shape index (κ1) is 18.1. The monoisotopic (exact) mass is 370 g/mol. The first-order chi connectivity index (χ1) is 12.9. The summed E-state index contributed by atoms with van der Waals surface area (Å²) in [5.74, 6) is 0.342. The van der Waals surface area contributed by atoms with Crippen molar-refractivity contribution in [1.29, 1.82) is 0 Å². The lowest BCUT2D eigenvalue weighted by atomic mass is 9.91. The summed E-state index contributed by atoms with van der Waals surface area (Å²) in [6, 6.07) is 9.60. The first-order valence-corrected chi connectivity index (χ1v) is 9.28. The Balaban J connectivity index is 1.34. The van der Waals surface area contributed by atoms with E-state index < -0.39 is 5.60 Å². The molecule has 2 N–H and O–H groups in total. The van der Waals surface area contributed by atoms with Crippen LogP contribution in [0, 0.1) is 17.7 Å². The molecule has 1 aliphatic carbocycles. The predicted octanol–water partition coefficient (Wildman–Crippen LogP) is 2.42. The zero-order chi connectivity index (χ0) is 19.0. The Morgan fingerprint density at radius 2 is 1.89 bits per heavy atom. The highest BCUT2D eigenvalue weighted by Gasteiger charge is 2.48. The maximum atomic E-state index is 13.9. The van der Waals surface area contributed by atoms with Gasteiger partial charge in [-0.25, -0.2) is 9.37 Å². The molecule has 1 saturated carbocycles. The van der Waals surface area contributed by atoms with Gasteiger partial charge in [-0.15, -0.1) is 0 Å². The van der Waals surface area contributed by atoms with Crippen molar-refractivity contribution in [2.75, 3.05) is 19.6 Å². The van der Waals surface area contributed by atoms with Gasteiger partial charge in [0.05, 0.1) is 18.3 Å². The van der Waals surface area contributed by atoms with Gasteiger partial charge in [0.1, 0.15) is 17.3 Å². The van der Waals surface area contributed by atoms with Crippen LogP contribution < -0.4 is 0 Å². The molecule has 0 spiro atoms. The quantitative estimate of drug-likeness (QED) is 0.791. The van der Waals surface area contributed by atoms with Gasteiger partial charge in [0.15, 0.2) is 5.78 Å². The average Bonchev–Trinajstić information content (AvgIpc) is 3.11. The Labute approximate surface area is 157 Å². The number of pyridine rings is 1. The Kier molecular flexibility index (Phi) is 4.70. The number of halogens is 1. The predicted molar refractivity (Wildman–Crippen MR) is 97.9 cm³/mol. The third-order valence-corrected chi connectivity index (χ3v) is 5.81. The summed E-state index contributed by atoms with van der Waals surface area (Å²) in [7, 11) is 0. The number of aromatic nitrogens is 1. The number of likely N-dealkylation sites (tertiary alicyclic amines) is 1. The summed E-state index contributed by atoms with van der Waals surface area (Å²) in [5.41, 5.74) is 0.0397. The van der Waals surface area contributed by atoms with Crippen molar-refractivity contribution in [2.24, 2.45) is 11.8 Å². The van der Waals surface area contributed by atoms with E-state index in [9.17, 15) is 19.4 Å². The van der Waals surface area contributed by atoms with Gasteiger partial charge in [-0.3, -0.25) is 9.69 Å². The fourth-order valence-electron chi connectivity index (χ4n) is 4.66. The third-order valence-electron chi connectivity index (χ3n) is 5.81. The van der Waals surface area contributed by atoms with E-state index in [2.05, 4.69) is 9.88 Å². The van der Waals surface area contributed by atoms with E-state index in [1.807, 2.05) is 0 Å². The maximum absolute atomic E-state index is 13.9. The van der Waals surface area contributed by atoms with Crippen molar-refractivity contribution in [3.05, 3.63) is 59.7 Å². The van der Waals surface area contributed by atoms with Crippen LogP contribution in [0.3, 0.4) is 0 Å². The molecular weight excluding hydrogens is 347 g/mol. The minimum Gasteiger partial charge on any atom is -0.506 e. The van der Waals surface area contributed by atoms with Gasteiger partial charge in [0.25, 0.3) is 0 Å². The van der Waals surface area contributed by atoms with Crippen molar-refractivity contribution < 1.29 is 19.4 Å². The molecule has 2 aliphatic rings. The number of aromatic hydroxyl groups is 1. The van der Waals surface area contributed by atoms with Crippen LogP contribution in [-0.2, 0) is 6.42 Å². The molecule has 1 aromatic heterocycles. The molecule has 27 heavy (non-hydrogen) atoms. The van der Waals surface area contributed by atoms with Crippen molar-refractivity contribution >= 4 is 5.78 Å². The van der Waals surface area contributed by atoms with Crippen LogP contribution >= 0.6 is 0 Å². The molecule has 0 bridgehead atoms. The number of fused-ring (bicyclic) bond motifs is 1. The zero-order valence-electron chi connectivity index (χ0n) is 15.0. The number of carbonyl (C=O) groups is 1. The number of rotatable bonds is 5. The molecule has 4 rings (SSSR count). The average molecular weight is 370 g/mol. The molecule has 1 unspecified atom stereocenters. The molecule has 0 amide bonds. The SMILES string of the molecule is O=C(CN1C[C@@H]2CC(O)(Cc3ccccc3F)C[C@@H]2C1)c1ccc(O)cn1. The molecule has 3 atom stereocenters. The molecule has 1 aliphatic heterocycles. The first-order valence-electron chi connectivity index (χ1n) is 9.28. The van der Waals surface area contributed by atoms with Gasteiger partial charge >= 0.3 is 0 Å². The van der Waals surface area contributed by atoms with Gasteiger partial charge in [0.2, 0.25) is 0 Å². The normalized spacial score (nSPS) is 27.6. The lowest BCUT2D eigenvalue weighted by molar-refractivity contribution is 0.0347. The summed E-state index contributed by atoms with van der Waals surface area (Å²) in [4.78, 5) is 18.4. The second-order valence-electron chi connectivity index (χ2n) is 7.94. The number of hydrogen-bond donors (Lipinski definition) is 2. The Hall–Kier alpha value is -2.31. The maximum Gasteiger partial charge on any atom is 0.195 e. The van der Waals surface area contributed by atoms with Crippen molar-refractivity contribution in [2.45, 2.75) is 24.9 Å². The number of hydrogen-bond acceptors (Lipinski definition) is 5. The second-order valence-corrected chi connectivity index (χ2v) is 7.94. The van der Waals surface area contributed by atoms with Crippen molar-refractivity contribution in [3.63, 3.8) is 0 Å². The molecule has 142 valence electrons. The molecule has 1 saturated heterocycles. The molecule has 2 fully saturated rings. The molecule has 0 radical (unpaired) electrons. The van der Waals surface area contributed by atoms with E-state index in [4.69, 9.17) is 0 Å². The minimum absolute atomic E-state index is 0.0383. The summed E-state index contributed by atoms with van der Waals surface area (Å²) in [6.45, 7) is 1.80. The van der Waals surface area contributed by atoms with Crippen LogP contribution in [0.5, 0.6) is 5.75 Å². The number of nitrogens with zero attached hydrogens (tertiary/aromatic N) is 2. The van der Waals surface area contributed by atoms with E-state index in [-0.39, 0.29) is 23.9 Å². The summed E-state index contributed by atoms with van der Waals surface area (Å²) in [6.07, 6.45) is 2.88. The lowest BCUT2D eigenvalue weighted by Crippen LogP contribution is -2.34. The Morgan fingerprint density at radius 1 is 1.19 bits per heavy atom. The summed E-state index contributed by atoms with van der Waals surface area (Å²) < 4.78 is 13.9. The zero-order valence-corrected chi connectivity index (χ0v) is 15.0. The second kappa shape index (κ2) is 7.02. The molecule has 6 heteroatoms. The third kappa shape index (κ3) is 3.87. The van der Waals surface area contributed by atoms with E-state index >= 15 is 0 Å². The van der Waals surface area contributed by atoms with Crippen LogP contribution in [0.25, 0.3) is 0 Å². The van der Waals surface area contributed by atoms with Crippen LogP contribution in [0.15, 0.2) is 42.6 Å². The highest BCUT2D eigenvalue weighted by molar-refractivity contribution is 5.95. The number of Topliss-reactive ketones (excluding diaryl/α,β-unsaturated/α-hetero) is 1. The molecule has 5 nitrogen and oxygen atoms in total. The molecule has 2 aromatic rings. The van der Waals surface area contributed by atoms with Gasteiger partial charge in [-0.2, -0.15) is 0 Å². The minimum atomic E-state index is -0.869. The Bertz CT molecular complexity index is 826. The van der Waals surface area contributed by atoms with Crippen LogP contribution in [-0.4, -0.2) is 51.1 Å². The fourth-order valence-corrected chi connectivity index (χ4v) is 4.66. The largest absolute Gasteiger partial charge is 0.506 e. The molecular formula is C21H23FN2O3. The van der Waals surface area contributed by atoms with E-state index in [0.717, 1.165) is 13.1 Å². The summed E-state index contributed by atoms with van der Waals surface area (Å²) >= 11 is 0. The number of carbonyl (C=O) groups excluding carboxylic acids is 1. The molecule has 1 aromatic carbocycles. The Morgan fingerprint density at radius 3 is 2.52 bits per heavy atom. The fraction of sp³-hybridized carbons (Fsp3) is 0.429. The van der Waals surface area contributed by atoms with Crippen LogP contribution in [0.2, 0.25) is 0 Å². The smallest absolute Gasteiger partial charge is 0.195 e. The van der Waals surface area contributed by atoms with Gasteiger partial charge in [-0.05, 0) is 48.4 Å². The van der Waals surface area contributed by atoms with Crippen LogP contribution in [0.4, 0.5) is 4.39 Å². The number of ketones is 1. The summed E-state index contributed by atoms with van der Waals surface area (Å²) in [5, 5.41) is 20.2. The molecule has 2 heterocycles. The van der Waals surface area contributed by atoms with Gasteiger partial charge in [0, 0.05) is 19.5 Å². The van der Waals surface area contributed by atoms with Crippen molar-refractivity contribution in [3.8, 4) is 5.75 Å². The number of aliphatic hydroxyl groups is 1.